The van der Waals surface area contributed by atoms with Crippen LogP contribution in [0.5, 0.6) is 0 Å². The van der Waals surface area contributed by atoms with E-state index in [1.807, 2.05) is 0 Å². The first-order chi connectivity index (χ1) is 11.5. The topological polar surface area (TPSA) is 99.5 Å². The van der Waals surface area contributed by atoms with Crippen molar-refractivity contribution in [2.75, 3.05) is 44.7 Å². The third-order valence-corrected chi connectivity index (χ3v) is 4.20. The summed E-state index contributed by atoms with van der Waals surface area (Å²) in [5.41, 5.74) is 0.544. The standard InChI is InChI=1S/C16H22ClN3O4/c17-12-2-1-3-13(10-12)19-15(21)11-14(16(22)23)18-4-5-20-6-8-24-9-7-20/h1-3,10,14,18H,4-9,11H2,(H,19,21)(H,22,23)/p+1/t14-/m0/s1. The minimum atomic E-state index is -1.23. The van der Waals surface area contributed by atoms with Crippen LogP contribution >= 0.6 is 11.6 Å². The summed E-state index contributed by atoms with van der Waals surface area (Å²) in [7, 11) is 0. The Morgan fingerprint density at radius 2 is 2.12 bits per heavy atom. The predicted molar refractivity (Wildman–Crippen MR) is 86.7 cm³/mol. The molecule has 0 bridgehead atoms. The fourth-order valence-corrected chi connectivity index (χ4v) is 2.83. The number of amides is 1. The molecule has 1 fully saturated rings. The smallest absolute Gasteiger partial charge is 0.230 e. The van der Waals surface area contributed by atoms with Crippen molar-refractivity contribution in [1.82, 2.24) is 0 Å². The fraction of sp³-hybridized carbons (Fsp3) is 0.500. The summed E-state index contributed by atoms with van der Waals surface area (Å²) < 4.78 is 5.29. The number of benzene rings is 1. The van der Waals surface area contributed by atoms with E-state index >= 15 is 0 Å². The van der Waals surface area contributed by atoms with Crippen molar-refractivity contribution < 1.29 is 29.6 Å². The summed E-state index contributed by atoms with van der Waals surface area (Å²) in [5, 5.41) is 16.1. The quantitative estimate of drug-likeness (QED) is 0.471. The number of anilines is 1. The molecule has 1 saturated heterocycles. The van der Waals surface area contributed by atoms with Gasteiger partial charge in [0, 0.05) is 10.7 Å². The second kappa shape index (κ2) is 9.58. The molecular weight excluding hydrogens is 334 g/mol. The zero-order chi connectivity index (χ0) is 17.4. The molecular formula is C16H23ClN3O4+. The van der Waals surface area contributed by atoms with Crippen LogP contribution in [0, 0.1) is 0 Å². The number of carbonyl (C=O) groups excluding carboxylic acids is 2. The third kappa shape index (κ3) is 6.45. The number of quaternary nitrogens is 2. The van der Waals surface area contributed by atoms with E-state index in [-0.39, 0.29) is 12.3 Å². The second-order valence-electron chi connectivity index (χ2n) is 5.82. The molecule has 0 saturated carbocycles. The zero-order valence-electron chi connectivity index (χ0n) is 13.4. The molecule has 0 aromatic heterocycles. The average molecular weight is 357 g/mol. The maximum absolute atomic E-state index is 12.0. The highest BCUT2D eigenvalue weighted by atomic mass is 35.5. The molecule has 1 aliphatic heterocycles. The van der Waals surface area contributed by atoms with E-state index in [4.69, 9.17) is 16.3 Å². The molecule has 1 aromatic rings. The van der Waals surface area contributed by atoms with Crippen molar-refractivity contribution in [3.63, 3.8) is 0 Å². The molecule has 1 aliphatic rings. The Morgan fingerprint density at radius 3 is 2.79 bits per heavy atom. The number of hydrogen-bond donors (Lipinski definition) is 3. The van der Waals surface area contributed by atoms with Gasteiger partial charge in [0.2, 0.25) is 5.91 Å². The SMILES string of the molecule is O=C(C[C@H]([NH2+]CC[NH+]1CCOCC1)C(=O)[O-])Nc1cccc(Cl)c1. The minimum Gasteiger partial charge on any atom is -0.544 e. The highest BCUT2D eigenvalue weighted by molar-refractivity contribution is 6.30. The maximum atomic E-state index is 12.0. The first-order valence-corrected chi connectivity index (χ1v) is 8.43. The first-order valence-electron chi connectivity index (χ1n) is 8.05. The number of hydrogen-bond acceptors (Lipinski definition) is 4. The molecule has 132 valence electrons. The van der Waals surface area contributed by atoms with Gasteiger partial charge in [-0.3, -0.25) is 4.79 Å². The van der Waals surface area contributed by atoms with Gasteiger partial charge in [0.05, 0.1) is 25.6 Å². The number of carboxylic acid groups (broad SMARTS) is 1. The molecule has 7 nitrogen and oxygen atoms in total. The van der Waals surface area contributed by atoms with Crippen molar-refractivity contribution in [1.29, 1.82) is 0 Å². The summed E-state index contributed by atoms with van der Waals surface area (Å²) in [5.74, 6) is -1.60. The minimum absolute atomic E-state index is 0.146. The predicted octanol–water partition coefficient (Wildman–Crippen LogP) is -2.73. The molecule has 4 N–H and O–H groups in total. The van der Waals surface area contributed by atoms with Crippen molar-refractivity contribution >= 4 is 29.2 Å². The number of ether oxygens (including phenoxy) is 1. The summed E-state index contributed by atoms with van der Waals surface area (Å²) in [6, 6.07) is 5.82. The van der Waals surface area contributed by atoms with Crippen LogP contribution in [0.3, 0.4) is 0 Å². The van der Waals surface area contributed by atoms with Crippen molar-refractivity contribution in [2.45, 2.75) is 12.5 Å². The Bertz CT molecular complexity index is 564. The van der Waals surface area contributed by atoms with Gasteiger partial charge in [-0.1, -0.05) is 17.7 Å². The van der Waals surface area contributed by atoms with E-state index in [2.05, 4.69) is 5.32 Å². The molecule has 8 heteroatoms. The van der Waals surface area contributed by atoms with E-state index < -0.39 is 12.0 Å². The molecule has 0 aliphatic carbocycles. The number of carboxylic acids is 1. The molecule has 1 heterocycles. The molecule has 1 amide bonds. The Labute approximate surface area is 145 Å². The van der Waals surface area contributed by atoms with Gasteiger partial charge >= 0.3 is 0 Å². The Kier molecular flexibility index (Phi) is 7.45. The third-order valence-electron chi connectivity index (χ3n) is 3.97. The summed E-state index contributed by atoms with van der Waals surface area (Å²) in [6.45, 7) is 4.79. The van der Waals surface area contributed by atoms with Crippen molar-refractivity contribution in [3.05, 3.63) is 29.3 Å². The first kappa shape index (κ1) is 18.7. The Balaban J connectivity index is 1.77. The Morgan fingerprint density at radius 1 is 1.38 bits per heavy atom. The van der Waals surface area contributed by atoms with Crippen LogP contribution in [-0.2, 0) is 14.3 Å². The van der Waals surface area contributed by atoms with Crippen molar-refractivity contribution in [2.24, 2.45) is 0 Å². The lowest BCUT2D eigenvalue weighted by atomic mass is 10.2. The highest BCUT2D eigenvalue weighted by Gasteiger charge is 2.20. The monoisotopic (exact) mass is 356 g/mol. The maximum Gasteiger partial charge on any atom is 0.230 e. The normalized spacial score (nSPS) is 16.5. The van der Waals surface area contributed by atoms with Gasteiger partial charge in [-0.2, -0.15) is 0 Å². The molecule has 2 rings (SSSR count). The van der Waals surface area contributed by atoms with Gasteiger partial charge in [-0.15, -0.1) is 0 Å². The summed E-state index contributed by atoms with van der Waals surface area (Å²) >= 11 is 5.85. The van der Waals surface area contributed by atoms with Crippen LogP contribution in [0.25, 0.3) is 0 Å². The number of halogens is 1. The van der Waals surface area contributed by atoms with Gasteiger partial charge < -0.3 is 30.2 Å². The van der Waals surface area contributed by atoms with Gasteiger partial charge in [0.25, 0.3) is 0 Å². The van der Waals surface area contributed by atoms with Gasteiger partial charge in [0.15, 0.2) is 0 Å². The van der Waals surface area contributed by atoms with Crippen LogP contribution < -0.4 is 20.6 Å². The van der Waals surface area contributed by atoms with Crippen molar-refractivity contribution in [3.8, 4) is 0 Å². The number of morpholine rings is 1. The number of nitrogens with two attached hydrogens (primary N) is 1. The number of rotatable bonds is 8. The zero-order valence-corrected chi connectivity index (χ0v) is 14.2. The lowest BCUT2D eigenvalue weighted by Crippen LogP contribution is -3.17. The van der Waals surface area contributed by atoms with Crippen LogP contribution in [0.1, 0.15) is 6.42 Å². The average Bonchev–Trinajstić information content (AvgIpc) is 2.54. The molecule has 1 aromatic carbocycles. The Hall–Kier alpha value is -1.67. The highest BCUT2D eigenvalue weighted by Crippen LogP contribution is 2.14. The van der Waals surface area contributed by atoms with E-state index in [0.29, 0.717) is 17.3 Å². The van der Waals surface area contributed by atoms with E-state index in [9.17, 15) is 14.7 Å². The van der Waals surface area contributed by atoms with Crippen LogP contribution in [0.2, 0.25) is 5.02 Å². The second-order valence-corrected chi connectivity index (χ2v) is 6.26. The summed E-state index contributed by atoms with van der Waals surface area (Å²) in [4.78, 5) is 24.7. The van der Waals surface area contributed by atoms with Crippen LogP contribution in [-0.4, -0.2) is 57.3 Å². The van der Waals surface area contributed by atoms with Gasteiger partial charge in [-0.25, -0.2) is 0 Å². The number of carbonyl (C=O) groups is 2. The molecule has 0 spiro atoms. The molecule has 1 atom stereocenters. The lowest BCUT2D eigenvalue weighted by Gasteiger charge is -2.24. The lowest BCUT2D eigenvalue weighted by molar-refractivity contribution is -0.920. The van der Waals surface area contributed by atoms with Gasteiger partial charge in [0.1, 0.15) is 32.2 Å². The van der Waals surface area contributed by atoms with E-state index in [1.165, 1.54) is 4.90 Å². The van der Waals surface area contributed by atoms with Crippen LogP contribution in [0.15, 0.2) is 24.3 Å². The van der Waals surface area contributed by atoms with Crippen LogP contribution in [0.4, 0.5) is 5.69 Å². The fourth-order valence-electron chi connectivity index (χ4n) is 2.64. The molecule has 0 unspecified atom stereocenters. The number of nitrogens with one attached hydrogen (secondary N) is 2. The number of aliphatic carboxylic acids is 1. The molecule has 24 heavy (non-hydrogen) atoms. The van der Waals surface area contributed by atoms with Gasteiger partial charge in [-0.05, 0) is 18.2 Å². The largest absolute Gasteiger partial charge is 0.544 e. The van der Waals surface area contributed by atoms with E-state index in [1.54, 1.807) is 29.6 Å². The summed E-state index contributed by atoms with van der Waals surface area (Å²) in [6.07, 6.45) is -0.146. The molecule has 0 radical (unpaired) electrons. The van der Waals surface area contributed by atoms with E-state index in [0.717, 1.165) is 32.8 Å².